The van der Waals surface area contributed by atoms with E-state index < -0.39 is 5.60 Å². The molecule has 0 spiro atoms. The lowest BCUT2D eigenvalue weighted by molar-refractivity contribution is -0.0353. The Kier molecular flexibility index (Phi) is 5.26. The first-order valence-electron chi connectivity index (χ1n) is 6.89. The molecule has 0 heterocycles. The summed E-state index contributed by atoms with van der Waals surface area (Å²) in [5.41, 5.74) is -0.405. The van der Waals surface area contributed by atoms with Crippen molar-refractivity contribution in [2.75, 3.05) is 13.1 Å². The Bertz CT molecular complexity index is 195. The lowest BCUT2D eigenvalue weighted by atomic mass is 9.84. The van der Waals surface area contributed by atoms with Crippen molar-refractivity contribution in [1.29, 1.82) is 0 Å². The molecule has 2 nitrogen and oxygen atoms in total. The number of hydrogen-bond acceptors (Lipinski definition) is 2. The molecule has 0 aromatic heterocycles. The summed E-state index contributed by atoms with van der Waals surface area (Å²) >= 11 is 0. The molecule has 1 saturated carbocycles. The maximum absolute atomic E-state index is 10.6. The van der Waals surface area contributed by atoms with Crippen LogP contribution < -0.4 is 0 Å². The highest BCUT2D eigenvalue weighted by Gasteiger charge is 2.32. The SMILES string of the molecule is CC(C)CN(CC1(O)CCCCC1)C(C)C. The summed E-state index contributed by atoms with van der Waals surface area (Å²) in [6.45, 7) is 10.9. The van der Waals surface area contributed by atoms with E-state index in [1.807, 2.05) is 0 Å². The van der Waals surface area contributed by atoms with Crippen molar-refractivity contribution in [3.05, 3.63) is 0 Å². The molecule has 0 amide bonds. The van der Waals surface area contributed by atoms with E-state index in [-0.39, 0.29) is 0 Å². The van der Waals surface area contributed by atoms with Gasteiger partial charge in [0.15, 0.2) is 0 Å². The van der Waals surface area contributed by atoms with Gasteiger partial charge in [0.1, 0.15) is 0 Å². The number of rotatable bonds is 5. The van der Waals surface area contributed by atoms with Crippen LogP contribution in [-0.2, 0) is 0 Å². The fourth-order valence-electron chi connectivity index (χ4n) is 2.67. The van der Waals surface area contributed by atoms with E-state index in [4.69, 9.17) is 0 Å². The van der Waals surface area contributed by atoms with Gasteiger partial charge in [-0.15, -0.1) is 0 Å². The highest BCUT2D eigenvalue weighted by Crippen LogP contribution is 2.29. The molecule has 0 aliphatic heterocycles. The maximum Gasteiger partial charge on any atom is 0.0774 e. The third-order valence-electron chi connectivity index (χ3n) is 3.61. The second-order valence-corrected chi connectivity index (χ2v) is 6.20. The zero-order chi connectivity index (χ0) is 12.2. The largest absolute Gasteiger partial charge is 0.389 e. The Morgan fingerprint density at radius 2 is 1.62 bits per heavy atom. The Balaban J connectivity index is 2.52. The van der Waals surface area contributed by atoms with E-state index >= 15 is 0 Å². The van der Waals surface area contributed by atoms with Crippen molar-refractivity contribution in [1.82, 2.24) is 4.90 Å². The van der Waals surface area contributed by atoms with Crippen LogP contribution >= 0.6 is 0 Å². The topological polar surface area (TPSA) is 23.5 Å². The van der Waals surface area contributed by atoms with Crippen molar-refractivity contribution in [3.63, 3.8) is 0 Å². The minimum Gasteiger partial charge on any atom is -0.389 e. The standard InChI is InChI=1S/C14H29NO/c1-12(2)10-15(13(3)4)11-14(16)8-6-5-7-9-14/h12-13,16H,5-11H2,1-4H3. The van der Waals surface area contributed by atoms with Crippen molar-refractivity contribution >= 4 is 0 Å². The quantitative estimate of drug-likeness (QED) is 0.780. The molecule has 2 heteroatoms. The van der Waals surface area contributed by atoms with Crippen molar-refractivity contribution in [2.24, 2.45) is 5.92 Å². The third-order valence-corrected chi connectivity index (χ3v) is 3.61. The van der Waals surface area contributed by atoms with Gasteiger partial charge >= 0.3 is 0 Å². The van der Waals surface area contributed by atoms with Gasteiger partial charge in [0, 0.05) is 19.1 Å². The van der Waals surface area contributed by atoms with Crippen molar-refractivity contribution < 1.29 is 5.11 Å². The highest BCUT2D eigenvalue weighted by molar-refractivity contribution is 4.86. The maximum atomic E-state index is 10.6. The normalized spacial score (nSPS) is 21.0. The van der Waals surface area contributed by atoms with Crippen LogP contribution in [0.3, 0.4) is 0 Å². The number of hydrogen-bond donors (Lipinski definition) is 1. The van der Waals surface area contributed by atoms with Crippen LogP contribution in [0, 0.1) is 5.92 Å². The zero-order valence-electron chi connectivity index (χ0n) is 11.5. The molecule has 0 saturated heterocycles. The Morgan fingerprint density at radius 1 is 1.06 bits per heavy atom. The van der Waals surface area contributed by atoms with Gasteiger partial charge in [0.2, 0.25) is 0 Å². The molecule has 96 valence electrons. The summed E-state index contributed by atoms with van der Waals surface area (Å²) in [6, 6.07) is 0.536. The lowest BCUT2D eigenvalue weighted by Gasteiger charge is -2.39. The molecule has 0 aromatic rings. The number of nitrogens with zero attached hydrogens (tertiary/aromatic N) is 1. The summed E-state index contributed by atoms with van der Waals surface area (Å²) in [7, 11) is 0. The molecule has 1 rings (SSSR count). The van der Waals surface area contributed by atoms with E-state index in [0.29, 0.717) is 12.0 Å². The van der Waals surface area contributed by atoms with Crippen LogP contribution in [0.2, 0.25) is 0 Å². The Hall–Kier alpha value is -0.0800. The smallest absolute Gasteiger partial charge is 0.0774 e. The minimum atomic E-state index is -0.405. The van der Waals surface area contributed by atoms with Crippen LogP contribution in [0.25, 0.3) is 0 Å². The average Bonchev–Trinajstić information content (AvgIpc) is 2.16. The number of aliphatic hydroxyl groups is 1. The molecule has 0 unspecified atom stereocenters. The summed E-state index contributed by atoms with van der Waals surface area (Å²) < 4.78 is 0. The predicted molar refractivity (Wildman–Crippen MR) is 69.6 cm³/mol. The van der Waals surface area contributed by atoms with Crippen LogP contribution in [-0.4, -0.2) is 34.7 Å². The van der Waals surface area contributed by atoms with E-state index in [0.717, 1.165) is 25.9 Å². The van der Waals surface area contributed by atoms with Gasteiger partial charge in [-0.2, -0.15) is 0 Å². The molecule has 0 aromatic carbocycles. The first kappa shape index (κ1) is 14.0. The van der Waals surface area contributed by atoms with Crippen LogP contribution in [0.1, 0.15) is 59.8 Å². The monoisotopic (exact) mass is 227 g/mol. The van der Waals surface area contributed by atoms with Gasteiger partial charge in [-0.3, -0.25) is 4.90 Å². The molecule has 1 N–H and O–H groups in total. The van der Waals surface area contributed by atoms with Gasteiger partial charge in [-0.25, -0.2) is 0 Å². The van der Waals surface area contributed by atoms with E-state index in [2.05, 4.69) is 32.6 Å². The summed E-state index contributed by atoms with van der Waals surface area (Å²) in [5.74, 6) is 0.676. The molecular formula is C14H29NO. The highest BCUT2D eigenvalue weighted by atomic mass is 16.3. The van der Waals surface area contributed by atoms with Crippen LogP contribution in [0.15, 0.2) is 0 Å². The molecule has 16 heavy (non-hydrogen) atoms. The Labute approximate surface area is 101 Å². The molecule has 0 atom stereocenters. The molecular weight excluding hydrogens is 198 g/mol. The lowest BCUT2D eigenvalue weighted by Crippen LogP contribution is -2.48. The summed E-state index contributed by atoms with van der Waals surface area (Å²) in [4.78, 5) is 2.44. The second-order valence-electron chi connectivity index (χ2n) is 6.20. The van der Waals surface area contributed by atoms with Gasteiger partial charge < -0.3 is 5.11 Å². The summed E-state index contributed by atoms with van der Waals surface area (Å²) in [5, 5.41) is 10.6. The Morgan fingerprint density at radius 3 is 2.06 bits per heavy atom. The predicted octanol–water partition coefficient (Wildman–Crippen LogP) is 3.05. The second kappa shape index (κ2) is 6.02. The van der Waals surface area contributed by atoms with Crippen LogP contribution in [0.5, 0.6) is 0 Å². The van der Waals surface area contributed by atoms with Crippen LogP contribution in [0.4, 0.5) is 0 Å². The molecule has 0 bridgehead atoms. The first-order chi connectivity index (χ1) is 7.43. The fraction of sp³-hybridized carbons (Fsp3) is 1.00. The van der Waals surface area contributed by atoms with E-state index in [1.165, 1.54) is 19.3 Å². The third kappa shape index (κ3) is 4.42. The molecule has 1 aliphatic rings. The van der Waals surface area contributed by atoms with E-state index in [9.17, 15) is 5.11 Å². The molecule has 1 aliphatic carbocycles. The minimum absolute atomic E-state index is 0.405. The van der Waals surface area contributed by atoms with E-state index in [1.54, 1.807) is 0 Å². The van der Waals surface area contributed by atoms with Gasteiger partial charge in [0.25, 0.3) is 0 Å². The van der Waals surface area contributed by atoms with Crippen molar-refractivity contribution in [2.45, 2.75) is 71.4 Å². The first-order valence-corrected chi connectivity index (χ1v) is 6.89. The van der Waals surface area contributed by atoms with Gasteiger partial charge in [0.05, 0.1) is 5.60 Å². The van der Waals surface area contributed by atoms with Crippen molar-refractivity contribution in [3.8, 4) is 0 Å². The zero-order valence-corrected chi connectivity index (χ0v) is 11.5. The molecule has 1 fully saturated rings. The molecule has 0 radical (unpaired) electrons. The van der Waals surface area contributed by atoms with Gasteiger partial charge in [-0.05, 0) is 32.6 Å². The summed E-state index contributed by atoms with van der Waals surface area (Å²) in [6.07, 6.45) is 5.69. The fourth-order valence-corrected chi connectivity index (χ4v) is 2.67. The van der Waals surface area contributed by atoms with Gasteiger partial charge in [-0.1, -0.05) is 33.1 Å². The average molecular weight is 227 g/mol.